The van der Waals surface area contributed by atoms with Crippen LogP contribution in [0.2, 0.25) is 0 Å². The van der Waals surface area contributed by atoms with Crippen LogP contribution in [0.25, 0.3) is 38.6 Å². The molecule has 0 bridgehead atoms. The van der Waals surface area contributed by atoms with Gasteiger partial charge in [0.05, 0.1) is 16.7 Å². The van der Waals surface area contributed by atoms with Crippen LogP contribution < -0.4 is 0 Å². The second-order valence-corrected chi connectivity index (χ2v) is 14.4. The van der Waals surface area contributed by atoms with Crippen molar-refractivity contribution in [2.45, 2.75) is 71.1 Å². The second kappa shape index (κ2) is 9.11. The molecule has 2 nitrogen and oxygen atoms in total. The Morgan fingerprint density at radius 2 is 1.36 bits per heavy atom. The average Bonchev–Trinajstić information content (AvgIpc) is 3.43. The zero-order valence-corrected chi connectivity index (χ0v) is 26.2. The van der Waals surface area contributed by atoms with E-state index >= 15 is 0 Å². The van der Waals surface area contributed by atoms with E-state index in [1.54, 1.807) is 11.1 Å². The summed E-state index contributed by atoms with van der Waals surface area (Å²) >= 11 is 0. The van der Waals surface area contributed by atoms with E-state index in [1.165, 1.54) is 39.0 Å². The van der Waals surface area contributed by atoms with Gasteiger partial charge in [0, 0.05) is 38.8 Å². The maximum absolute atomic E-state index is 5.37. The van der Waals surface area contributed by atoms with Crippen LogP contribution in [0.1, 0.15) is 82.5 Å². The number of allylic oxidation sites excluding steroid dienone is 12. The first-order chi connectivity index (χ1) is 21.3. The van der Waals surface area contributed by atoms with E-state index < -0.39 is 0 Å². The Hall–Kier alpha value is -4.30. The van der Waals surface area contributed by atoms with Crippen molar-refractivity contribution >= 4 is 27.4 Å². The molecule has 0 radical (unpaired) electrons. The fourth-order valence-corrected chi connectivity index (χ4v) is 8.79. The first kappa shape index (κ1) is 26.1. The van der Waals surface area contributed by atoms with Crippen molar-refractivity contribution < 1.29 is 0 Å². The van der Waals surface area contributed by atoms with Crippen molar-refractivity contribution in [3.8, 4) is 11.3 Å². The molecule has 0 fully saturated rings. The highest BCUT2D eigenvalue weighted by molar-refractivity contribution is 6.03. The highest BCUT2D eigenvalue weighted by Crippen LogP contribution is 2.55. The topological polar surface area (TPSA) is 25.8 Å². The minimum atomic E-state index is 0.0133. The number of nitrogens with zero attached hydrogens (tertiary/aromatic N) is 2. The van der Waals surface area contributed by atoms with E-state index in [4.69, 9.17) is 9.97 Å². The van der Waals surface area contributed by atoms with Crippen LogP contribution in [0.4, 0.5) is 0 Å². The number of benzene rings is 2. The number of rotatable bonds is 2. The quantitative estimate of drug-likeness (QED) is 0.224. The summed E-state index contributed by atoms with van der Waals surface area (Å²) < 4.78 is 0. The molecule has 0 spiro atoms. The Kier molecular flexibility index (Phi) is 5.41. The third kappa shape index (κ3) is 3.60. The van der Waals surface area contributed by atoms with Crippen molar-refractivity contribution in [2.24, 2.45) is 5.41 Å². The zero-order valence-electron chi connectivity index (χ0n) is 26.2. The van der Waals surface area contributed by atoms with Gasteiger partial charge in [-0.3, -0.25) is 0 Å². The van der Waals surface area contributed by atoms with Crippen molar-refractivity contribution in [3.63, 3.8) is 0 Å². The summed E-state index contributed by atoms with van der Waals surface area (Å²) in [6.07, 6.45) is 19.8. The molecule has 216 valence electrons. The van der Waals surface area contributed by atoms with Gasteiger partial charge in [0.1, 0.15) is 0 Å². The highest BCUT2D eigenvalue weighted by Gasteiger charge is 2.41. The van der Waals surface area contributed by atoms with Crippen LogP contribution in [-0.4, -0.2) is 9.97 Å². The van der Waals surface area contributed by atoms with Gasteiger partial charge in [-0.15, -0.1) is 0 Å². The Morgan fingerprint density at radius 1 is 0.682 bits per heavy atom. The molecule has 4 aromatic rings. The van der Waals surface area contributed by atoms with Gasteiger partial charge in [-0.1, -0.05) is 106 Å². The maximum Gasteiger partial charge on any atom is 0.0972 e. The minimum absolute atomic E-state index is 0.0133. The zero-order chi connectivity index (χ0) is 29.8. The van der Waals surface area contributed by atoms with E-state index in [1.807, 2.05) is 0 Å². The van der Waals surface area contributed by atoms with E-state index in [2.05, 4.69) is 119 Å². The van der Waals surface area contributed by atoms with Crippen molar-refractivity contribution in [3.05, 3.63) is 136 Å². The lowest BCUT2D eigenvalue weighted by Gasteiger charge is -2.30. The monoisotopic (exact) mass is 570 g/mol. The van der Waals surface area contributed by atoms with Gasteiger partial charge in [0.25, 0.3) is 0 Å². The third-order valence-electron chi connectivity index (χ3n) is 11.2. The van der Waals surface area contributed by atoms with Gasteiger partial charge in [0.15, 0.2) is 0 Å². The molecule has 0 saturated carbocycles. The van der Waals surface area contributed by atoms with E-state index in [9.17, 15) is 0 Å². The molecule has 0 aliphatic heterocycles. The Morgan fingerprint density at radius 3 is 2.16 bits per heavy atom. The fraction of sp³-hybridized carbons (Fsp3) is 0.286. The normalized spacial score (nSPS) is 22.6. The lowest BCUT2D eigenvalue weighted by molar-refractivity contribution is 0.520. The number of aromatic nitrogens is 2. The largest absolute Gasteiger partial charge is 0.250 e. The van der Waals surface area contributed by atoms with E-state index in [-0.39, 0.29) is 16.7 Å². The first-order valence-electron chi connectivity index (χ1n) is 16.4. The Balaban J connectivity index is 1.10. The van der Waals surface area contributed by atoms with Crippen LogP contribution in [0, 0.1) is 5.41 Å². The highest BCUT2D eigenvalue weighted by atomic mass is 14.8. The molecule has 5 aliphatic carbocycles. The van der Waals surface area contributed by atoms with Crippen LogP contribution in [0.15, 0.2) is 119 Å². The van der Waals surface area contributed by atoms with Gasteiger partial charge in [-0.25, -0.2) is 9.97 Å². The number of hydrogen-bond acceptors (Lipinski definition) is 2. The van der Waals surface area contributed by atoms with E-state index in [0.717, 1.165) is 65.3 Å². The molecule has 0 saturated heterocycles. The predicted octanol–water partition coefficient (Wildman–Crippen LogP) is 10.9. The predicted molar refractivity (Wildman–Crippen MR) is 184 cm³/mol. The molecular formula is C42H38N2. The van der Waals surface area contributed by atoms with Gasteiger partial charge in [-0.2, -0.15) is 0 Å². The fourth-order valence-electron chi connectivity index (χ4n) is 8.79. The number of hydrogen-bond donors (Lipinski definition) is 0. The summed E-state index contributed by atoms with van der Waals surface area (Å²) in [6.45, 7) is 9.55. The second-order valence-electron chi connectivity index (χ2n) is 14.4. The van der Waals surface area contributed by atoms with E-state index in [0.29, 0.717) is 0 Å². The summed E-state index contributed by atoms with van der Waals surface area (Å²) in [7, 11) is 0. The van der Waals surface area contributed by atoms with Crippen LogP contribution in [0.3, 0.4) is 0 Å². The van der Waals surface area contributed by atoms with Gasteiger partial charge in [-0.05, 0) is 89.3 Å². The maximum atomic E-state index is 5.37. The lowest BCUT2D eigenvalue weighted by atomic mass is 9.74. The van der Waals surface area contributed by atoms with Gasteiger partial charge in [0.2, 0.25) is 0 Å². The Bertz CT molecular complexity index is 2140. The molecule has 0 amide bonds. The molecule has 44 heavy (non-hydrogen) atoms. The molecule has 5 aliphatic rings. The smallest absolute Gasteiger partial charge is 0.0972 e. The first-order valence-corrected chi connectivity index (χ1v) is 16.4. The van der Waals surface area contributed by atoms with Crippen LogP contribution in [0.5, 0.6) is 0 Å². The van der Waals surface area contributed by atoms with Crippen molar-refractivity contribution in [1.82, 2.24) is 9.97 Å². The number of pyridine rings is 2. The van der Waals surface area contributed by atoms with Gasteiger partial charge < -0.3 is 0 Å². The van der Waals surface area contributed by atoms with Crippen LogP contribution >= 0.6 is 0 Å². The van der Waals surface area contributed by atoms with Crippen molar-refractivity contribution in [1.29, 1.82) is 0 Å². The molecule has 2 aromatic carbocycles. The molecule has 2 aromatic heterocycles. The molecule has 2 heteroatoms. The lowest BCUT2D eigenvalue weighted by Crippen LogP contribution is -2.18. The molecule has 0 N–H and O–H groups in total. The number of fused-ring (bicyclic) bond motifs is 6. The SMILES string of the molecule is CC1(C)C2=C(CCC=C2)C2=C1CC(c1ccc3ccc4ccc(-c5ccc6c(c5)C(C)(C)C5=C6CCC=C5)nc4c3n1)C=C2. The summed E-state index contributed by atoms with van der Waals surface area (Å²) in [5, 5.41) is 2.28. The van der Waals surface area contributed by atoms with Crippen LogP contribution in [-0.2, 0) is 5.41 Å². The third-order valence-corrected chi connectivity index (χ3v) is 11.2. The van der Waals surface area contributed by atoms with Crippen molar-refractivity contribution in [2.75, 3.05) is 0 Å². The standard InChI is InChI=1S/C42H38N2/c1-41(2)33-11-7-5-9-29(33)31-19-15-27(23-35(31)41)37-21-17-25-13-14-26-18-22-38(44-40(26)39(25)43-37)28-16-20-32-30-10-6-8-12-34(30)42(3,4)36(32)24-28/h7-8,11-23,28H,5-6,9-10,24H2,1-4H3. The van der Waals surface area contributed by atoms with Gasteiger partial charge >= 0.3 is 0 Å². The molecule has 1 atom stereocenters. The summed E-state index contributed by atoms with van der Waals surface area (Å²) in [4.78, 5) is 10.7. The minimum Gasteiger partial charge on any atom is -0.250 e. The molecule has 9 rings (SSSR count). The summed E-state index contributed by atoms with van der Waals surface area (Å²) in [5.41, 5.74) is 17.4. The molecule has 2 heterocycles. The molecular weight excluding hydrogens is 532 g/mol. The molecule has 1 unspecified atom stereocenters. The average molecular weight is 571 g/mol. The summed E-state index contributed by atoms with van der Waals surface area (Å²) in [6, 6.07) is 20.3. The summed E-state index contributed by atoms with van der Waals surface area (Å²) in [5.74, 6) is 0.271. The Labute approximate surface area is 260 Å².